The van der Waals surface area contributed by atoms with Crippen LogP contribution in [0.4, 0.5) is 5.69 Å². The van der Waals surface area contributed by atoms with Crippen LogP contribution in [0.2, 0.25) is 0 Å². The SMILES string of the molecule is CCCCCCCOc1ccc(C(=O)NC(=S)Nc2ccc(S(=O)(=O)N3CCN(C)CC3)cc2)cc1. The summed E-state index contributed by atoms with van der Waals surface area (Å²) in [6, 6.07) is 13.3. The Morgan fingerprint density at radius 1 is 0.944 bits per heavy atom. The molecule has 2 N–H and O–H groups in total. The van der Waals surface area contributed by atoms with E-state index in [-0.39, 0.29) is 15.9 Å². The lowest BCUT2D eigenvalue weighted by atomic mass is 10.2. The molecule has 1 aliphatic rings. The normalized spacial score (nSPS) is 14.8. The number of carbonyl (C=O) groups is 1. The topological polar surface area (TPSA) is 91.0 Å². The Morgan fingerprint density at radius 3 is 2.22 bits per heavy atom. The van der Waals surface area contributed by atoms with Gasteiger partial charge in [0, 0.05) is 37.4 Å². The Labute approximate surface area is 220 Å². The molecule has 1 fully saturated rings. The van der Waals surface area contributed by atoms with E-state index >= 15 is 0 Å². The average molecular weight is 533 g/mol. The fourth-order valence-corrected chi connectivity index (χ4v) is 5.46. The smallest absolute Gasteiger partial charge is 0.257 e. The first-order valence-electron chi connectivity index (χ1n) is 12.4. The number of thiocarbonyl (C=S) groups is 1. The minimum atomic E-state index is -3.53. The number of rotatable bonds is 11. The maximum absolute atomic E-state index is 12.9. The molecule has 0 spiro atoms. The van der Waals surface area contributed by atoms with Gasteiger partial charge in [0.15, 0.2) is 5.11 Å². The number of amides is 1. The van der Waals surface area contributed by atoms with E-state index in [1.54, 1.807) is 48.5 Å². The van der Waals surface area contributed by atoms with Gasteiger partial charge in [0.2, 0.25) is 10.0 Å². The molecule has 0 aromatic heterocycles. The second-order valence-corrected chi connectivity index (χ2v) is 11.3. The Morgan fingerprint density at radius 2 is 1.58 bits per heavy atom. The van der Waals surface area contributed by atoms with E-state index in [1.165, 1.54) is 23.6 Å². The van der Waals surface area contributed by atoms with E-state index in [2.05, 4.69) is 22.5 Å². The number of nitrogens with one attached hydrogen (secondary N) is 2. The van der Waals surface area contributed by atoms with Crippen molar-refractivity contribution < 1.29 is 17.9 Å². The Bertz CT molecular complexity index is 1100. The predicted molar refractivity (Wildman–Crippen MR) is 147 cm³/mol. The Kier molecular flexibility index (Phi) is 10.7. The quantitative estimate of drug-likeness (QED) is 0.333. The van der Waals surface area contributed by atoms with Gasteiger partial charge in [0.1, 0.15) is 5.75 Å². The van der Waals surface area contributed by atoms with Crippen molar-refractivity contribution in [3.05, 3.63) is 54.1 Å². The molecule has 1 amide bonds. The highest BCUT2D eigenvalue weighted by molar-refractivity contribution is 7.89. The van der Waals surface area contributed by atoms with E-state index in [4.69, 9.17) is 17.0 Å². The number of ether oxygens (including phenoxy) is 1. The first-order chi connectivity index (χ1) is 17.3. The third-order valence-corrected chi connectivity index (χ3v) is 8.19. The summed E-state index contributed by atoms with van der Waals surface area (Å²) in [5.41, 5.74) is 1.04. The first kappa shape index (κ1) is 28.0. The highest BCUT2D eigenvalue weighted by Crippen LogP contribution is 2.20. The van der Waals surface area contributed by atoms with Gasteiger partial charge in [-0.2, -0.15) is 4.31 Å². The minimum Gasteiger partial charge on any atom is -0.494 e. The molecule has 2 aromatic rings. The van der Waals surface area contributed by atoms with Crippen LogP contribution in [-0.2, 0) is 10.0 Å². The van der Waals surface area contributed by atoms with Crippen molar-refractivity contribution in [1.29, 1.82) is 0 Å². The summed E-state index contributed by atoms with van der Waals surface area (Å²) in [7, 11) is -1.56. The number of benzene rings is 2. The number of hydrogen-bond acceptors (Lipinski definition) is 6. The molecule has 0 bridgehead atoms. The van der Waals surface area contributed by atoms with Crippen molar-refractivity contribution in [3.8, 4) is 5.75 Å². The molecule has 1 saturated heterocycles. The standard InChI is InChI=1S/C26H36N4O4S2/c1-3-4-5-6-7-20-34-23-12-8-21(9-13-23)25(31)28-26(35)27-22-10-14-24(15-11-22)36(32,33)30-18-16-29(2)17-19-30/h8-15H,3-7,16-20H2,1-2H3,(H2,27,28,31,35). The van der Waals surface area contributed by atoms with Gasteiger partial charge in [-0.25, -0.2) is 8.42 Å². The lowest BCUT2D eigenvalue weighted by molar-refractivity contribution is 0.0977. The summed E-state index contributed by atoms with van der Waals surface area (Å²) in [4.78, 5) is 14.9. The molecule has 3 rings (SSSR count). The van der Waals surface area contributed by atoms with Gasteiger partial charge in [-0.15, -0.1) is 0 Å². The third kappa shape index (κ3) is 8.26. The zero-order chi connectivity index (χ0) is 26.0. The summed E-state index contributed by atoms with van der Waals surface area (Å²) in [6.45, 7) is 5.23. The van der Waals surface area contributed by atoms with Gasteiger partial charge >= 0.3 is 0 Å². The zero-order valence-corrected chi connectivity index (χ0v) is 22.7. The van der Waals surface area contributed by atoms with Crippen molar-refractivity contribution in [1.82, 2.24) is 14.5 Å². The summed E-state index contributed by atoms with van der Waals surface area (Å²) in [5.74, 6) is 0.391. The first-order valence-corrected chi connectivity index (χ1v) is 14.3. The monoisotopic (exact) mass is 532 g/mol. The van der Waals surface area contributed by atoms with E-state index in [0.29, 0.717) is 44.0 Å². The van der Waals surface area contributed by atoms with Crippen molar-refractivity contribution in [2.75, 3.05) is 45.2 Å². The lowest BCUT2D eigenvalue weighted by Gasteiger charge is -2.31. The molecular weight excluding hydrogens is 496 g/mol. The number of piperazine rings is 1. The fraction of sp³-hybridized carbons (Fsp3) is 0.462. The summed E-state index contributed by atoms with van der Waals surface area (Å²) in [5, 5.41) is 5.70. The maximum atomic E-state index is 12.9. The number of hydrogen-bond donors (Lipinski definition) is 2. The molecule has 1 heterocycles. The number of anilines is 1. The van der Waals surface area contributed by atoms with Crippen molar-refractivity contribution >= 4 is 38.9 Å². The molecule has 0 atom stereocenters. The van der Waals surface area contributed by atoms with Crippen LogP contribution < -0.4 is 15.4 Å². The molecule has 36 heavy (non-hydrogen) atoms. The molecule has 8 nitrogen and oxygen atoms in total. The van der Waals surface area contributed by atoms with E-state index in [9.17, 15) is 13.2 Å². The molecular formula is C26H36N4O4S2. The lowest BCUT2D eigenvalue weighted by Crippen LogP contribution is -2.46. The van der Waals surface area contributed by atoms with Gasteiger partial charge in [0.25, 0.3) is 5.91 Å². The third-order valence-electron chi connectivity index (χ3n) is 6.07. The van der Waals surface area contributed by atoms with Crippen LogP contribution in [-0.4, -0.2) is 68.5 Å². The highest BCUT2D eigenvalue weighted by atomic mass is 32.2. The number of likely N-dealkylation sites (N-methyl/N-ethyl adjacent to an activating group) is 1. The van der Waals surface area contributed by atoms with Gasteiger partial charge in [-0.3, -0.25) is 10.1 Å². The molecule has 2 aromatic carbocycles. The van der Waals surface area contributed by atoms with Gasteiger partial charge < -0.3 is 15.0 Å². The molecule has 1 aliphatic heterocycles. The predicted octanol–water partition coefficient (Wildman–Crippen LogP) is 4.10. The Balaban J connectivity index is 1.46. The Hall–Kier alpha value is -2.53. The van der Waals surface area contributed by atoms with Crippen LogP contribution >= 0.6 is 12.2 Å². The number of sulfonamides is 1. The average Bonchev–Trinajstić information content (AvgIpc) is 2.87. The number of nitrogens with zero attached hydrogens (tertiary/aromatic N) is 2. The van der Waals surface area contributed by atoms with E-state index < -0.39 is 10.0 Å². The van der Waals surface area contributed by atoms with E-state index in [1.807, 2.05) is 7.05 Å². The number of unbranched alkanes of at least 4 members (excludes halogenated alkanes) is 4. The fourth-order valence-electron chi connectivity index (χ4n) is 3.82. The van der Waals surface area contributed by atoms with Crippen molar-refractivity contribution in [2.24, 2.45) is 0 Å². The molecule has 0 unspecified atom stereocenters. The van der Waals surface area contributed by atoms with Crippen LogP contribution in [0, 0.1) is 0 Å². The molecule has 10 heteroatoms. The van der Waals surface area contributed by atoms with Crippen LogP contribution in [0.25, 0.3) is 0 Å². The van der Waals surface area contributed by atoms with Crippen LogP contribution in [0.5, 0.6) is 5.75 Å². The summed E-state index contributed by atoms with van der Waals surface area (Å²) >= 11 is 5.26. The van der Waals surface area contributed by atoms with Gasteiger partial charge in [-0.05, 0) is 74.2 Å². The van der Waals surface area contributed by atoms with Crippen molar-refractivity contribution in [3.63, 3.8) is 0 Å². The van der Waals surface area contributed by atoms with E-state index in [0.717, 1.165) is 18.6 Å². The minimum absolute atomic E-state index is 0.127. The van der Waals surface area contributed by atoms with Crippen molar-refractivity contribution in [2.45, 2.75) is 43.9 Å². The van der Waals surface area contributed by atoms with Crippen LogP contribution in [0.3, 0.4) is 0 Å². The molecule has 0 saturated carbocycles. The number of carbonyl (C=O) groups excluding carboxylic acids is 1. The summed E-state index contributed by atoms with van der Waals surface area (Å²) in [6.07, 6.45) is 5.88. The van der Waals surface area contributed by atoms with Crippen LogP contribution in [0.15, 0.2) is 53.4 Å². The largest absolute Gasteiger partial charge is 0.494 e. The zero-order valence-electron chi connectivity index (χ0n) is 21.0. The van der Waals surface area contributed by atoms with Gasteiger partial charge in [-0.1, -0.05) is 32.6 Å². The molecule has 196 valence electrons. The van der Waals surface area contributed by atoms with Gasteiger partial charge in [0.05, 0.1) is 11.5 Å². The van der Waals surface area contributed by atoms with Crippen LogP contribution in [0.1, 0.15) is 49.4 Å². The maximum Gasteiger partial charge on any atom is 0.257 e. The molecule has 0 radical (unpaired) electrons. The second kappa shape index (κ2) is 13.7. The summed E-state index contributed by atoms with van der Waals surface area (Å²) < 4.78 is 33.0. The highest BCUT2D eigenvalue weighted by Gasteiger charge is 2.27. The molecule has 0 aliphatic carbocycles. The second-order valence-electron chi connectivity index (χ2n) is 8.93.